The zero-order valence-electron chi connectivity index (χ0n) is 17.7. The summed E-state index contributed by atoms with van der Waals surface area (Å²) in [5.41, 5.74) is 0.771. The lowest BCUT2D eigenvalue weighted by molar-refractivity contribution is -0.127. The first-order valence-electron chi connectivity index (χ1n) is 9.93. The summed E-state index contributed by atoms with van der Waals surface area (Å²) in [6, 6.07) is 13.2. The molecule has 0 radical (unpaired) electrons. The number of benzene rings is 2. The van der Waals surface area contributed by atoms with Crippen LogP contribution in [0.2, 0.25) is 0 Å². The third-order valence-corrected chi connectivity index (χ3v) is 5.77. The normalized spacial score (nSPS) is 14.9. The van der Waals surface area contributed by atoms with E-state index in [1.165, 1.54) is 11.3 Å². The average molecular weight is 464 g/mol. The standard InChI is InChI=1S/C22H25N3O4S.ClH/c1-4-27-17-10-7-11-19-20(17)23-22(30-19)25(13-12-24(2)3)21(26)18-14-28-15-8-5-6-9-16(15)29-18;/h5-11,18H,4,12-14H2,1-3H3;1H. The highest BCUT2D eigenvalue weighted by Gasteiger charge is 2.33. The number of carbonyl (C=O) groups is 1. The van der Waals surface area contributed by atoms with Gasteiger partial charge in [0.15, 0.2) is 16.6 Å². The summed E-state index contributed by atoms with van der Waals surface area (Å²) in [5, 5.41) is 0.631. The number of anilines is 1. The summed E-state index contributed by atoms with van der Waals surface area (Å²) in [6.45, 7) is 3.86. The van der Waals surface area contributed by atoms with E-state index < -0.39 is 6.10 Å². The van der Waals surface area contributed by atoms with E-state index in [9.17, 15) is 4.79 Å². The van der Waals surface area contributed by atoms with Crippen LogP contribution in [0.3, 0.4) is 0 Å². The molecule has 1 atom stereocenters. The lowest BCUT2D eigenvalue weighted by Gasteiger charge is -2.30. The monoisotopic (exact) mass is 463 g/mol. The van der Waals surface area contributed by atoms with E-state index >= 15 is 0 Å². The van der Waals surface area contributed by atoms with Crippen LogP contribution in [0.4, 0.5) is 5.13 Å². The summed E-state index contributed by atoms with van der Waals surface area (Å²) in [4.78, 5) is 21.9. The minimum Gasteiger partial charge on any atom is -0.492 e. The molecule has 1 amide bonds. The second kappa shape index (κ2) is 10.2. The molecule has 1 aliphatic rings. The van der Waals surface area contributed by atoms with Crippen LogP contribution >= 0.6 is 23.7 Å². The third-order valence-electron chi connectivity index (χ3n) is 4.72. The van der Waals surface area contributed by atoms with Crippen molar-refractivity contribution >= 4 is 45.0 Å². The number of fused-ring (bicyclic) bond motifs is 2. The Balaban J connectivity index is 0.00000272. The van der Waals surface area contributed by atoms with Crippen LogP contribution in [0.15, 0.2) is 42.5 Å². The SMILES string of the molecule is CCOc1cccc2sc(N(CCN(C)C)C(=O)C3COc4ccccc4O3)nc12.Cl. The molecule has 166 valence electrons. The number of hydrogen-bond acceptors (Lipinski definition) is 7. The number of hydrogen-bond donors (Lipinski definition) is 0. The van der Waals surface area contributed by atoms with Gasteiger partial charge in [0.05, 0.1) is 11.3 Å². The van der Waals surface area contributed by atoms with Crippen LogP contribution < -0.4 is 19.1 Å². The third kappa shape index (κ3) is 5.03. The molecule has 2 heterocycles. The van der Waals surface area contributed by atoms with Gasteiger partial charge in [-0.25, -0.2) is 4.98 Å². The second-order valence-electron chi connectivity index (χ2n) is 7.19. The quantitative estimate of drug-likeness (QED) is 0.530. The minimum atomic E-state index is -0.722. The Morgan fingerprint density at radius 1 is 1.16 bits per heavy atom. The van der Waals surface area contributed by atoms with Crippen molar-refractivity contribution in [3.8, 4) is 17.2 Å². The number of para-hydroxylation sites is 3. The number of ether oxygens (including phenoxy) is 3. The summed E-state index contributed by atoms with van der Waals surface area (Å²) < 4.78 is 18.4. The molecule has 4 rings (SSSR count). The fourth-order valence-electron chi connectivity index (χ4n) is 3.21. The van der Waals surface area contributed by atoms with E-state index in [-0.39, 0.29) is 24.9 Å². The largest absolute Gasteiger partial charge is 0.492 e. The Bertz CT molecular complexity index is 1040. The number of aromatic nitrogens is 1. The van der Waals surface area contributed by atoms with Crippen LogP contribution in [0, 0.1) is 0 Å². The van der Waals surface area contributed by atoms with E-state index in [2.05, 4.69) is 0 Å². The number of likely N-dealkylation sites (N-methyl/N-ethyl adjacent to an activating group) is 1. The van der Waals surface area contributed by atoms with Gasteiger partial charge in [-0.2, -0.15) is 0 Å². The molecular weight excluding hydrogens is 438 g/mol. The van der Waals surface area contributed by atoms with Crippen molar-refractivity contribution in [1.82, 2.24) is 9.88 Å². The van der Waals surface area contributed by atoms with Crippen molar-refractivity contribution in [2.75, 3.05) is 45.3 Å². The highest BCUT2D eigenvalue weighted by atomic mass is 35.5. The summed E-state index contributed by atoms with van der Waals surface area (Å²) in [7, 11) is 3.95. The van der Waals surface area contributed by atoms with Crippen molar-refractivity contribution in [2.24, 2.45) is 0 Å². The number of thiazole rings is 1. The fourth-order valence-corrected chi connectivity index (χ4v) is 4.23. The predicted octanol–water partition coefficient (Wildman–Crippen LogP) is 3.85. The van der Waals surface area contributed by atoms with E-state index in [1.54, 1.807) is 4.90 Å². The molecule has 0 N–H and O–H groups in total. The maximum atomic E-state index is 13.4. The summed E-state index contributed by atoms with van der Waals surface area (Å²) in [6.07, 6.45) is -0.722. The van der Waals surface area contributed by atoms with Crippen molar-refractivity contribution in [2.45, 2.75) is 13.0 Å². The zero-order chi connectivity index (χ0) is 21.1. The van der Waals surface area contributed by atoms with Gasteiger partial charge in [0.25, 0.3) is 5.91 Å². The van der Waals surface area contributed by atoms with Crippen molar-refractivity contribution < 1.29 is 19.0 Å². The smallest absolute Gasteiger partial charge is 0.273 e. The molecule has 31 heavy (non-hydrogen) atoms. The zero-order valence-corrected chi connectivity index (χ0v) is 19.4. The molecule has 3 aromatic rings. The average Bonchev–Trinajstić information content (AvgIpc) is 3.18. The molecule has 2 aromatic carbocycles. The Hall–Kier alpha value is -2.55. The molecule has 0 spiro atoms. The summed E-state index contributed by atoms with van der Waals surface area (Å²) in [5.74, 6) is 1.80. The lowest BCUT2D eigenvalue weighted by atomic mass is 10.2. The van der Waals surface area contributed by atoms with E-state index in [0.29, 0.717) is 36.3 Å². The highest BCUT2D eigenvalue weighted by Crippen LogP contribution is 2.36. The van der Waals surface area contributed by atoms with Crippen molar-refractivity contribution in [3.05, 3.63) is 42.5 Å². The Morgan fingerprint density at radius 3 is 2.68 bits per heavy atom. The van der Waals surface area contributed by atoms with Gasteiger partial charge >= 0.3 is 0 Å². The van der Waals surface area contributed by atoms with Gasteiger partial charge in [-0.3, -0.25) is 9.69 Å². The number of amides is 1. The van der Waals surface area contributed by atoms with Gasteiger partial charge in [-0.15, -0.1) is 12.4 Å². The number of halogens is 1. The minimum absolute atomic E-state index is 0. The first-order chi connectivity index (χ1) is 14.6. The molecule has 0 saturated carbocycles. The first kappa shape index (κ1) is 23.1. The highest BCUT2D eigenvalue weighted by molar-refractivity contribution is 7.22. The number of rotatable bonds is 7. The van der Waals surface area contributed by atoms with Crippen molar-refractivity contribution in [3.63, 3.8) is 0 Å². The molecule has 0 fully saturated rings. The predicted molar refractivity (Wildman–Crippen MR) is 125 cm³/mol. The van der Waals surface area contributed by atoms with Crippen molar-refractivity contribution in [1.29, 1.82) is 0 Å². The molecular formula is C22H26ClN3O4S. The first-order valence-corrected chi connectivity index (χ1v) is 10.8. The fraction of sp³-hybridized carbons (Fsp3) is 0.364. The molecule has 9 heteroatoms. The second-order valence-corrected chi connectivity index (χ2v) is 8.20. The van der Waals surface area contributed by atoms with Gasteiger partial charge in [0.2, 0.25) is 6.10 Å². The van der Waals surface area contributed by atoms with Crippen LogP contribution in [-0.4, -0.2) is 62.3 Å². The Labute approximate surface area is 191 Å². The maximum absolute atomic E-state index is 13.4. The summed E-state index contributed by atoms with van der Waals surface area (Å²) >= 11 is 1.47. The van der Waals surface area contributed by atoms with Crippen LogP contribution in [-0.2, 0) is 4.79 Å². The Morgan fingerprint density at radius 2 is 1.94 bits per heavy atom. The van der Waals surface area contributed by atoms with Crippen LogP contribution in [0.1, 0.15) is 6.92 Å². The molecule has 1 aromatic heterocycles. The van der Waals surface area contributed by atoms with Gasteiger partial charge in [-0.05, 0) is 45.3 Å². The van der Waals surface area contributed by atoms with Gasteiger partial charge in [-0.1, -0.05) is 29.5 Å². The Kier molecular flexibility index (Phi) is 7.59. The lowest BCUT2D eigenvalue weighted by Crippen LogP contribution is -2.48. The van der Waals surface area contributed by atoms with Gasteiger partial charge in [0.1, 0.15) is 17.9 Å². The molecule has 0 aliphatic carbocycles. The number of nitrogens with zero attached hydrogens (tertiary/aromatic N) is 3. The van der Waals surface area contributed by atoms with E-state index in [0.717, 1.165) is 16.0 Å². The molecule has 0 saturated heterocycles. The molecule has 0 bridgehead atoms. The molecule has 1 unspecified atom stereocenters. The molecule has 7 nitrogen and oxygen atoms in total. The topological polar surface area (TPSA) is 64.1 Å². The molecule has 1 aliphatic heterocycles. The van der Waals surface area contributed by atoms with Gasteiger partial charge in [0, 0.05) is 13.1 Å². The van der Waals surface area contributed by atoms with Gasteiger partial charge < -0.3 is 19.1 Å². The van der Waals surface area contributed by atoms with Crippen LogP contribution in [0.25, 0.3) is 10.2 Å². The van der Waals surface area contributed by atoms with E-state index in [4.69, 9.17) is 19.2 Å². The van der Waals surface area contributed by atoms with Crippen LogP contribution in [0.5, 0.6) is 17.2 Å². The van der Waals surface area contributed by atoms with E-state index in [1.807, 2.05) is 68.4 Å². The number of carbonyl (C=O) groups excluding carboxylic acids is 1. The maximum Gasteiger partial charge on any atom is 0.273 e.